The zero-order chi connectivity index (χ0) is 15.4. The molecule has 5 nitrogen and oxygen atoms in total. The van der Waals surface area contributed by atoms with Gasteiger partial charge in [-0.3, -0.25) is 9.59 Å². The second-order valence-corrected chi connectivity index (χ2v) is 6.84. The minimum absolute atomic E-state index is 0.167. The lowest BCUT2D eigenvalue weighted by molar-refractivity contribution is -0.138. The normalized spacial score (nSPS) is 29.1. The van der Waals surface area contributed by atoms with Crippen LogP contribution < -0.4 is 11.1 Å². The summed E-state index contributed by atoms with van der Waals surface area (Å²) in [6, 6.07) is 0.230. The van der Waals surface area contributed by atoms with Crippen LogP contribution in [0.5, 0.6) is 0 Å². The van der Waals surface area contributed by atoms with Crippen molar-refractivity contribution in [3.63, 3.8) is 0 Å². The van der Waals surface area contributed by atoms with Gasteiger partial charge in [-0.1, -0.05) is 6.92 Å². The number of carbonyl (C=O) groups is 2. The van der Waals surface area contributed by atoms with Gasteiger partial charge in [0.25, 0.3) is 0 Å². The van der Waals surface area contributed by atoms with Gasteiger partial charge in [-0.25, -0.2) is 0 Å². The van der Waals surface area contributed by atoms with Crippen LogP contribution in [0.2, 0.25) is 0 Å². The van der Waals surface area contributed by atoms with Gasteiger partial charge in [-0.05, 0) is 57.5 Å². The van der Waals surface area contributed by atoms with E-state index in [9.17, 15) is 9.59 Å². The van der Waals surface area contributed by atoms with Crippen molar-refractivity contribution in [3.05, 3.63) is 0 Å². The van der Waals surface area contributed by atoms with Gasteiger partial charge in [0.15, 0.2) is 0 Å². The molecule has 3 atom stereocenters. The molecule has 3 unspecified atom stereocenters. The first-order valence-electron chi connectivity index (χ1n) is 8.28. The maximum Gasteiger partial charge on any atom is 0.223 e. The maximum absolute atomic E-state index is 12.6. The third kappa shape index (κ3) is 4.19. The van der Waals surface area contributed by atoms with Crippen molar-refractivity contribution in [1.29, 1.82) is 0 Å². The molecule has 21 heavy (non-hydrogen) atoms. The van der Waals surface area contributed by atoms with Gasteiger partial charge in [-0.2, -0.15) is 0 Å². The van der Waals surface area contributed by atoms with Crippen LogP contribution in [0.3, 0.4) is 0 Å². The van der Waals surface area contributed by atoms with E-state index in [1.165, 1.54) is 0 Å². The predicted octanol–water partition coefficient (Wildman–Crippen LogP) is 1.12. The molecule has 0 saturated carbocycles. The fourth-order valence-corrected chi connectivity index (χ4v) is 3.66. The number of hydrogen-bond acceptors (Lipinski definition) is 3. The molecule has 2 aliphatic heterocycles. The Hall–Kier alpha value is -1.10. The number of rotatable bonds is 4. The number of nitrogens with zero attached hydrogens (tertiary/aromatic N) is 1. The molecule has 0 spiro atoms. The quantitative estimate of drug-likeness (QED) is 0.816. The molecule has 2 saturated heterocycles. The zero-order valence-electron chi connectivity index (χ0n) is 13.3. The fraction of sp³-hybridized carbons (Fsp3) is 0.875. The molecule has 120 valence electrons. The Labute approximate surface area is 127 Å². The van der Waals surface area contributed by atoms with Crippen molar-refractivity contribution >= 4 is 11.8 Å². The first-order chi connectivity index (χ1) is 9.99. The number of hydrogen-bond donors (Lipinski definition) is 2. The Kier molecular flexibility index (Phi) is 5.62. The number of nitrogens with one attached hydrogen (secondary N) is 1. The lowest BCUT2D eigenvalue weighted by Gasteiger charge is -2.38. The van der Waals surface area contributed by atoms with Crippen LogP contribution in [0, 0.1) is 17.8 Å². The first kappa shape index (κ1) is 16.3. The van der Waals surface area contributed by atoms with E-state index in [1.807, 2.05) is 4.90 Å². The highest BCUT2D eigenvalue weighted by Crippen LogP contribution is 2.27. The van der Waals surface area contributed by atoms with Crippen molar-refractivity contribution in [2.45, 2.75) is 52.0 Å². The van der Waals surface area contributed by atoms with E-state index in [0.29, 0.717) is 24.8 Å². The van der Waals surface area contributed by atoms with Gasteiger partial charge >= 0.3 is 0 Å². The molecular formula is C16H29N3O2. The SMILES string of the molecule is CC(CC(=O)N1CC(C(N)=O)CCC1C)C1CCNCC1. The lowest BCUT2D eigenvalue weighted by Crippen LogP contribution is -2.49. The summed E-state index contributed by atoms with van der Waals surface area (Å²) in [4.78, 5) is 25.8. The second-order valence-electron chi connectivity index (χ2n) is 6.84. The Morgan fingerprint density at radius 2 is 1.90 bits per heavy atom. The van der Waals surface area contributed by atoms with E-state index >= 15 is 0 Å². The number of piperidine rings is 2. The predicted molar refractivity (Wildman–Crippen MR) is 82.5 cm³/mol. The van der Waals surface area contributed by atoms with Gasteiger partial charge < -0.3 is 16.0 Å². The summed E-state index contributed by atoms with van der Waals surface area (Å²) in [6.07, 6.45) is 4.60. The van der Waals surface area contributed by atoms with Crippen molar-refractivity contribution in [3.8, 4) is 0 Å². The molecule has 0 radical (unpaired) electrons. The Morgan fingerprint density at radius 1 is 1.24 bits per heavy atom. The van der Waals surface area contributed by atoms with Crippen LogP contribution in [-0.4, -0.2) is 42.4 Å². The van der Waals surface area contributed by atoms with Crippen molar-refractivity contribution in [2.75, 3.05) is 19.6 Å². The molecule has 3 N–H and O–H groups in total. The molecule has 5 heteroatoms. The third-order valence-corrected chi connectivity index (χ3v) is 5.29. The summed E-state index contributed by atoms with van der Waals surface area (Å²) in [5, 5.41) is 3.36. The Morgan fingerprint density at radius 3 is 2.52 bits per heavy atom. The van der Waals surface area contributed by atoms with E-state index in [4.69, 9.17) is 5.73 Å². The molecular weight excluding hydrogens is 266 g/mol. The van der Waals surface area contributed by atoms with Gasteiger partial charge in [0.2, 0.25) is 11.8 Å². The van der Waals surface area contributed by atoms with Gasteiger partial charge in [0.05, 0.1) is 5.92 Å². The number of nitrogens with two attached hydrogens (primary N) is 1. The Balaban J connectivity index is 1.89. The molecule has 0 bridgehead atoms. The van der Waals surface area contributed by atoms with Crippen LogP contribution in [0.15, 0.2) is 0 Å². The molecule has 0 aliphatic carbocycles. The molecule has 2 fully saturated rings. The van der Waals surface area contributed by atoms with Crippen LogP contribution in [-0.2, 0) is 9.59 Å². The van der Waals surface area contributed by atoms with Crippen LogP contribution in [0.1, 0.15) is 46.0 Å². The van der Waals surface area contributed by atoms with E-state index in [2.05, 4.69) is 19.2 Å². The fourth-order valence-electron chi connectivity index (χ4n) is 3.66. The number of amides is 2. The minimum Gasteiger partial charge on any atom is -0.369 e. The van der Waals surface area contributed by atoms with E-state index in [-0.39, 0.29) is 23.8 Å². The molecule has 0 aromatic carbocycles. The largest absolute Gasteiger partial charge is 0.369 e. The maximum atomic E-state index is 12.6. The summed E-state index contributed by atoms with van der Waals surface area (Å²) in [5.41, 5.74) is 5.41. The molecule has 2 aliphatic rings. The summed E-state index contributed by atoms with van der Waals surface area (Å²) < 4.78 is 0. The van der Waals surface area contributed by atoms with Gasteiger partial charge in [0.1, 0.15) is 0 Å². The minimum atomic E-state index is -0.272. The summed E-state index contributed by atoms with van der Waals surface area (Å²) >= 11 is 0. The zero-order valence-corrected chi connectivity index (χ0v) is 13.3. The average Bonchev–Trinajstić information content (AvgIpc) is 2.48. The van der Waals surface area contributed by atoms with Crippen molar-refractivity contribution in [2.24, 2.45) is 23.5 Å². The Bertz CT molecular complexity index is 380. The monoisotopic (exact) mass is 295 g/mol. The van der Waals surface area contributed by atoms with Gasteiger partial charge in [0, 0.05) is 19.0 Å². The number of likely N-dealkylation sites (tertiary alicyclic amines) is 1. The van der Waals surface area contributed by atoms with E-state index in [0.717, 1.165) is 38.8 Å². The van der Waals surface area contributed by atoms with Gasteiger partial charge in [-0.15, -0.1) is 0 Å². The second kappa shape index (κ2) is 7.25. The first-order valence-corrected chi connectivity index (χ1v) is 8.28. The highest BCUT2D eigenvalue weighted by atomic mass is 16.2. The van der Waals surface area contributed by atoms with E-state index in [1.54, 1.807) is 0 Å². The smallest absolute Gasteiger partial charge is 0.223 e. The van der Waals surface area contributed by atoms with Crippen molar-refractivity contribution < 1.29 is 9.59 Å². The lowest BCUT2D eigenvalue weighted by atomic mass is 9.83. The summed E-state index contributed by atoms with van der Waals surface area (Å²) in [5.74, 6) is 0.813. The molecule has 2 rings (SSSR count). The summed E-state index contributed by atoms with van der Waals surface area (Å²) in [7, 11) is 0. The number of carbonyl (C=O) groups excluding carboxylic acids is 2. The molecule has 2 heterocycles. The van der Waals surface area contributed by atoms with E-state index < -0.39 is 0 Å². The third-order valence-electron chi connectivity index (χ3n) is 5.29. The average molecular weight is 295 g/mol. The summed E-state index contributed by atoms with van der Waals surface area (Å²) in [6.45, 7) is 6.90. The van der Waals surface area contributed by atoms with Crippen LogP contribution >= 0.6 is 0 Å². The molecule has 0 aromatic rings. The van der Waals surface area contributed by atoms with Crippen molar-refractivity contribution in [1.82, 2.24) is 10.2 Å². The topological polar surface area (TPSA) is 75.4 Å². The highest BCUT2D eigenvalue weighted by molar-refractivity contribution is 5.80. The standard InChI is InChI=1S/C16H29N3O2/c1-11(13-5-7-18-8-6-13)9-15(20)19-10-14(16(17)21)4-3-12(19)2/h11-14,18H,3-10H2,1-2H3,(H2,17,21). The van der Waals surface area contributed by atoms with Crippen LogP contribution in [0.4, 0.5) is 0 Å². The molecule has 0 aromatic heterocycles. The number of primary amides is 1. The van der Waals surface area contributed by atoms with Crippen LogP contribution in [0.25, 0.3) is 0 Å². The molecule has 2 amide bonds. The highest BCUT2D eigenvalue weighted by Gasteiger charge is 2.33.